The van der Waals surface area contributed by atoms with E-state index >= 15 is 0 Å². The summed E-state index contributed by atoms with van der Waals surface area (Å²) in [5.74, 6) is 1.14. The molecule has 0 saturated carbocycles. The Morgan fingerprint density at radius 1 is 1.12 bits per heavy atom. The molecule has 7 nitrogen and oxygen atoms in total. The topological polar surface area (TPSA) is 71.7 Å². The summed E-state index contributed by atoms with van der Waals surface area (Å²) < 4.78 is 18.9. The zero-order chi connectivity index (χ0) is 18.8. The van der Waals surface area contributed by atoms with Gasteiger partial charge in [-0.1, -0.05) is 15.9 Å². The summed E-state index contributed by atoms with van der Waals surface area (Å²) in [7, 11) is 3.09. The van der Waals surface area contributed by atoms with Crippen molar-refractivity contribution in [3.63, 3.8) is 0 Å². The minimum Gasteiger partial charge on any atom is -0.493 e. The highest BCUT2D eigenvalue weighted by molar-refractivity contribution is 9.10. The maximum atomic E-state index is 12.4. The van der Waals surface area contributed by atoms with Crippen LogP contribution in [0.4, 0.5) is 4.79 Å². The lowest BCUT2D eigenvalue weighted by molar-refractivity contribution is 0.0530. The van der Waals surface area contributed by atoms with Gasteiger partial charge in [-0.2, -0.15) is 0 Å². The molecule has 0 fully saturated rings. The molecule has 25 heavy (non-hydrogen) atoms. The highest BCUT2D eigenvalue weighted by Crippen LogP contribution is 2.33. The molecule has 0 N–H and O–H groups in total. The summed E-state index contributed by atoms with van der Waals surface area (Å²) >= 11 is 3.46. The Morgan fingerprint density at radius 2 is 1.72 bits per heavy atom. The molecule has 136 valence electrons. The van der Waals surface area contributed by atoms with E-state index in [0.29, 0.717) is 11.5 Å². The molecule has 0 atom stereocenters. The van der Waals surface area contributed by atoms with Crippen LogP contribution >= 0.6 is 15.9 Å². The largest absolute Gasteiger partial charge is 0.493 e. The molecule has 0 amide bonds. The van der Waals surface area contributed by atoms with Gasteiger partial charge < -0.3 is 14.2 Å². The van der Waals surface area contributed by atoms with E-state index in [1.165, 1.54) is 17.0 Å². The van der Waals surface area contributed by atoms with Crippen LogP contribution in [-0.2, 0) is 11.3 Å². The Hall–Kier alpha value is -2.22. The highest BCUT2D eigenvalue weighted by Gasteiger charge is 2.20. The SMILES string of the molecule is COc1cc(Br)c(Cn2ccn(C(=O)OC(C)(C)C)c2=O)cc1OC. The number of rotatable bonds is 4. The Labute approximate surface area is 154 Å². The lowest BCUT2D eigenvalue weighted by Crippen LogP contribution is -2.34. The number of hydrogen-bond donors (Lipinski definition) is 0. The van der Waals surface area contributed by atoms with Gasteiger partial charge >= 0.3 is 11.8 Å². The minimum absolute atomic E-state index is 0.259. The summed E-state index contributed by atoms with van der Waals surface area (Å²) in [6.45, 7) is 5.49. The molecule has 0 aliphatic carbocycles. The van der Waals surface area contributed by atoms with Crippen molar-refractivity contribution >= 4 is 22.0 Å². The smallest absolute Gasteiger partial charge is 0.422 e. The van der Waals surface area contributed by atoms with Crippen LogP contribution in [0.2, 0.25) is 0 Å². The fourth-order valence-corrected chi connectivity index (χ4v) is 2.63. The maximum absolute atomic E-state index is 12.4. The fourth-order valence-electron chi connectivity index (χ4n) is 2.18. The molecule has 0 radical (unpaired) electrons. The van der Waals surface area contributed by atoms with Gasteiger partial charge in [0.2, 0.25) is 0 Å². The van der Waals surface area contributed by atoms with Gasteiger partial charge in [0.1, 0.15) is 5.60 Å². The van der Waals surface area contributed by atoms with Crippen LogP contribution < -0.4 is 15.2 Å². The summed E-state index contributed by atoms with van der Waals surface area (Å²) in [5, 5.41) is 0. The monoisotopic (exact) mass is 412 g/mol. The number of benzene rings is 1. The summed E-state index contributed by atoms with van der Waals surface area (Å²) in [6.07, 6.45) is 2.23. The Bertz CT molecular complexity index is 833. The van der Waals surface area contributed by atoms with Crippen molar-refractivity contribution in [1.29, 1.82) is 0 Å². The molecule has 2 aromatic rings. The van der Waals surface area contributed by atoms with Gasteiger partial charge in [-0.15, -0.1) is 0 Å². The Kier molecular flexibility index (Phi) is 5.62. The van der Waals surface area contributed by atoms with E-state index in [9.17, 15) is 9.59 Å². The van der Waals surface area contributed by atoms with Crippen LogP contribution in [0.3, 0.4) is 0 Å². The first-order valence-corrected chi connectivity index (χ1v) is 8.37. The second-order valence-corrected chi connectivity index (χ2v) is 7.21. The van der Waals surface area contributed by atoms with Gasteiger partial charge in [-0.3, -0.25) is 4.57 Å². The Morgan fingerprint density at radius 3 is 2.28 bits per heavy atom. The van der Waals surface area contributed by atoms with Crippen LogP contribution in [0, 0.1) is 0 Å². The first kappa shape index (κ1) is 19.1. The number of hydrogen-bond acceptors (Lipinski definition) is 5. The van der Waals surface area contributed by atoms with Gasteiger partial charge in [-0.05, 0) is 38.5 Å². The minimum atomic E-state index is -0.706. The van der Waals surface area contributed by atoms with Crippen LogP contribution in [0.25, 0.3) is 0 Å². The molecule has 0 saturated heterocycles. The average molecular weight is 413 g/mol. The van der Waals surface area contributed by atoms with Gasteiger partial charge in [0.05, 0.1) is 20.8 Å². The molecule has 0 bridgehead atoms. The van der Waals surface area contributed by atoms with Crippen molar-refractivity contribution in [2.45, 2.75) is 32.9 Å². The third-order valence-corrected chi connectivity index (χ3v) is 4.07. The normalized spacial score (nSPS) is 11.3. The molecular weight excluding hydrogens is 392 g/mol. The average Bonchev–Trinajstić information content (AvgIpc) is 2.88. The molecule has 8 heteroatoms. The summed E-state index contributed by atoms with van der Waals surface area (Å²) in [6, 6.07) is 3.55. The van der Waals surface area contributed by atoms with E-state index in [1.807, 2.05) is 0 Å². The zero-order valence-corrected chi connectivity index (χ0v) is 16.4. The lowest BCUT2D eigenvalue weighted by atomic mass is 10.2. The molecule has 0 unspecified atom stereocenters. The van der Waals surface area contributed by atoms with Gasteiger partial charge in [-0.25, -0.2) is 14.2 Å². The van der Waals surface area contributed by atoms with Crippen LogP contribution in [-0.4, -0.2) is 35.0 Å². The van der Waals surface area contributed by atoms with Gasteiger partial charge in [0, 0.05) is 16.9 Å². The van der Waals surface area contributed by atoms with Crippen LogP contribution in [0.5, 0.6) is 11.5 Å². The molecule has 0 aliphatic rings. The van der Waals surface area contributed by atoms with Crippen molar-refractivity contribution in [3.8, 4) is 11.5 Å². The molecular formula is C17H21BrN2O5. The Balaban J connectivity index is 2.31. The van der Waals surface area contributed by atoms with E-state index in [2.05, 4.69) is 15.9 Å². The van der Waals surface area contributed by atoms with Crippen molar-refractivity contribution in [3.05, 3.63) is 45.0 Å². The molecule has 0 aliphatic heterocycles. The number of nitrogens with zero attached hydrogens (tertiary/aromatic N) is 2. The van der Waals surface area contributed by atoms with Crippen molar-refractivity contribution in [2.75, 3.05) is 14.2 Å². The first-order chi connectivity index (χ1) is 11.7. The second kappa shape index (κ2) is 7.35. The predicted molar refractivity (Wildman–Crippen MR) is 96.7 cm³/mol. The van der Waals surface area contributed by atoms with E-state index in [1.54, 1.807) is 47.1 Å². The van der Waals surface area contributed by atoms with E-state index < -0.39 is 17.4 Å². The van der Waals surface area contributed by atoms with Crippen molar-refractivity contribution < 1.29 is 19.0 Å². The molecule has 1 aromatic carbocycles. The highest BCUT2D eigenvalue weighted by atomic mass is 79.9. The number of aromatic nitrogens is 2. The number of carbonyl (C=O) groups excluding carboxylic acids is 1. The van der Waals surface area contributed by atoms with E-state index in [4.69, 9.17) is 14.2 Å². The van der Waals surface area contributed by atoms with E-state index in [0.717, 1.165) is 14.6 Å². The number of methoxy groups -OCH3 is 2. The van der Waals surface area contributed by atoms with Crippen LogP contribution in [0.1, 0.15) is 26.3 Å². The third-order valence-electron chi connectivity index (χ3n) is 3.33. The fraction of sp³-hybridized carbons (Fsp3) is 0.412. The van der Waals surface area contributed by atoms with Crippen molar-refractivity contribution in [1.82, 2.24) is 9.13 Å². The van der Waals surface area contributed by atoms with E-state index in [-0.39, 0.29) is 6.54 Å². The number of ether oxygens (including phenoxy) is 3. The number of carbonyl (C=O) groups is 1. The number of halogens is 1. The quantitative estimate of drug-likeness (QED) is 0.770. The van der Waals surface area contributed by atoms with Crippen LogP contribution in [0.15, 0.2) is 33.8 Å². The zero-order valence-electron chi connectivity index (χ0n) is 14.8. The lowest BCUT2D eigenvalue weighted by Gasteiger charge is -2.18. The molecule has 1 heterocycles. The number of imidazole rings is 1. The molecule has 0 spiro atoms. The summed E-state index contributed by atoms with van der Waals surface area (Å²) in [4.78, 5) is 24.5. The standard InChI is InChI=1S/C17H21BrN2O5/c1-17(2,3)25-16(22)20-7-6-19(15(20)21)10-11-8-13(23-4)14(24-5)9-12(11)18/h6-9H,10H2,1-5H3. The second-order valence-electron chi connectivity index (χ2n) is 6.36. The van der Waals surface area contributed by atoms with Gasteiger partial charge in [0.15, 0.2) is 11.5 Å². The predicted octanol–water partition coefficient (Wildman–Crippen LogP) is 3.26. The maximum Gasteiger partial charge on any atom is 0.422 e. The first-order valence-electron chi connectivity index (χ1n) is 7.58. The van der Waals surface area contributed by atoms with Gasteiger partial charge in [0.25, 0.3) is 0 Å². The third kappa shape index (κ3) is 4.45. The molecule has 2 rings (SSSR count). The summed E-state index contributed by atoms with van der Waals surface area (Å²) in [5.41, 5.74) is -0.344. The van der Waals surface area contributed by atoms with Crippen molar-refractivity contribution in [2.24, 2.45) is 0 Å². The molecule has 1 aromatic heterocycles.